The second-order valence-corrected chi connectivity index (χ2v) is 5.66. The van der Waals surface area contributed by atoms with Gasteiger partial charge in [0, 0.05) is 17.8 Å². The first-order chi connectivity index (χ1) is 8.87. The van der Waals surface area contributed by atoms with Gasteiger partial charge in [-0.1, -0.05) is 0 Å². The summed E-state index contributed by atoms with van der Waals surface area (Å²) < 4.78 is 0. The smallest absolute Gasteiger partial charge is 0.252 e. The van der Waals surface area contributed by atoms with Gasteiger partial charge in [-0.25, -0.2) is 0 Å². The van der Waals surface area contributed by atoms with Crippen LogP contribution in [0, 0.1) is 19.8 Å². The molecule has 19 heavy (non-hydrogen) atoms. The van der Waals surface area contributed by atoms with Crippen LogP contribution in [0.4, 0.5) is 5.69 Å². The normalized spacial score (nSPS) is 17.9. The molecule has 1 atom stereocenters. The Kier molecular flexibility index (Phi) is 3.49. The van der Waals surface area contributed by atoms with Crippen molar-refractivity contribution in [2.75, 3.05) is 11.9 Å². The lowest BCUT2D eigenvalue weighted by atomic mass is 9.94. The lowest BCUT2D eigenvalue weighted by Crippen LogP contribution is -2.45. The number of carbonyl (C=O) groups is 1. The summed E-state index contributed by atoms with van der Waals surface area (Å²) in [6, 6.07) is 1.86. The van der Waals surface area contributed by atoms with Crippen LogP contribution in [0.3, 0.4) is 0 Å². The SMILES string of the molecule is Cc1cc(NC(C)(CN)C2CC2)c(C(N)=O)c(C)n1. The molecule has 1 aromatic heterocycles. The van der Waals surface area contributed by atoms with Crippen molar-refractivity contribution in [2.45, 2.75) is 39.2 Å². The molecule has 0 radical (unpaired) electrons. The third-order valence-electron chi connectivity index (χ3n) is 3.90. The maximum atomic E-state index is 11.6. The topological polar surface area (TPSA) is 94.0 Å². The van der Waals surface area contributed by atoms with Crippen LogP contribution < -0.4 is 16.8 Å². The number of aryl methyl sites for hydroxylation is 2. The van der Waals surface area contributed by atoms with Crippen molar-refractivity contribution in [3.8, 4) is 0 Å². The van der Waals surface area contributed by atoms with E-state index in [2.05, 4.69) is 17.2 Å². The molecular weight excluding hydrogens is 240 g/mol. The largest absolute Gasteiger partial charge is 0.378 e. The van der Waals surface area contributed by atoms with E-state index < -0.39 is 5.91 Å². The minimum atomic E-state index is -0.456. The molecule has 1 heterocycles. The zero-order valence-electron chi connectivity index (χ0n) is 11.8. The fraction of sp³-hybridized carbons (Fsp3) is 0.571. The zero-order chi connectivity index (χ0) is 14.2. The van der Waals surface area contributed by atoms with Crippen molar-refractivity contribution >= 4 is 11.6 Å². The molecule has 0 aliphatic heterocycles. The molecule has 1 aliphatic rings. The Balaban J connectivity index is 2.40. The van der Waals surface area contributed by atoms with E-state index >= 15 is 0 Å². The molecule has 2 rings (SSSR count). The molecule has 5 N–H and O–H groups in total. The average Bonchev–Trinajstić information content (AvgIpc) is 3.11. The van der Waals surface area contributed by atoms with E-state index in [1.165, 1.54) is 12.8 Å². The molecule has 0 spiro atoms. The van der Waals surface area contributed by atoms with Crippen molar-refractivity contribution in [3.05, 3.63) is 23.0 Å². The van der Waals surface area contributed by atoms with E-state index in [-0.39, 0.29) is 5.54 Å². The maximum absolute atomic E-state index is 11.6. The van der Waals surface area contributed by atoms with E-state index in [1.54, 1.807) is 6.92 Å². The van der Waals surface area contributed by atoms with Gasteiger partial charge in [-0.3, -0.25) is 9.78 Å². The van der Waals surface area contributed by atoms with E-state index in [0.717, 1.165) is 11.4 Å². The molecule has 1 aliphatic carbocycles. The van der Waals surface area contributed by atoms with Gasteiger partial charge in [0.25, 0.3) is 5.91 Å². The number of amides is 1. The Labute approximate surface area is 113 Å². The predicted octanol–water partition coefficient (Wildman–Crippen LogP) is 1.34. The number of aromatic nitrogens is 1. The summed E-state index contributed by atoms with van der Waals surface area (Å²) in [6.45, 7) is 6.33. The van der Waals surface area contributed by atoms with Gasteiger partial charge in [0.2, 0.25) is 0 Å². The molecule has 1 amide bonds. The summed E-state index contributed by atoms with van der Waals surface area (Å²) in [7, 11) is 0. The van der Waals surface area contributed by atoms with Crippen LogP contribution in [0.1, 0.15) is 41.5 Å². The van der Waals surface area contributed by atoms with Gasteiger partial charge in [0.1, 0.15) is 0 Å². The Morgan fingerprint density at radius 3 is 2.63 bits per heavy atom. The maximum Gasteiger partial charge on any atom is 0.252 e. The number of nitrogens with two attached hydrogens (primary N) is 2. The van der Waals surface area contributed by atoms with Gasteiger partial charge in [-0.2, -0.15) is 0 Å². The molecule has 0 saturated heterocycles. The molecule has 104 valence electrons. The van der Waals surface area contributed by atoms with Crippen molar-refractivity contribution < 1.29 is 4.79 Å². The summed E-state index contributed by atoms with van der Waals surface area (Å²) in [5, 5.41) is 3.43. The van der Waals surface area contributed by atoms with E-state index in [9.17, 15) is 4.79 Å². The second kappa shape index (κ2) is 4.81. The zero-order valence-corrected chi connectivity index (χ0v) is 11.8. The van der Waals surface area contributed by atoms with Gasteiger partial charge >= 0.3 is 0 Å². The molecule has 1 fully saturated rings. The van der Waals surface area contributed by atoms with Crippen molar-refractivity contribution in [1.82, 2.24) is 4.98 Å². The monoisotopic (exact) mass is 262 g/mol. The van der Waals surface area contributed by atoms with Gasteiger partial charge in [-0.15, -0.1) is 0 Å². The fourth-order valence-corrected chi connectivity index (χ4v) is 2.59. The van der Waals surface area contributed by atoms with Gasteiger partial charge < -0.3 is 16.8 Å². The van der Waals surface area contributed by atoms with E-state index in [4.69, 9.17) is 11.5 Å². The molecular formula is C14H22N4O. The number of rotatable bonds is 5. The first kappa shape index (κ1) is 13.8. The minimum absolute atomic E-state index is 0.190. The van der Waals surface area contributed by atoms with E-state index in [0.29, 0.717) is 23.7 Å². The lowest BCUT2D eigenvalue weighted by molar-refractivity contribution is 0.1000. The first-order valence-corrected chi connectivity index (χ1v) is 6.63. The molecule has 5 heteroatoms. The summed E-state index contributed by atoms with van der Waals surface area (Å²) in [4.78, 5) is 15.9. The van der Waals surface area contributed by atoms with E-state index in [1.807, 2.05) is 13.0 Å². The molecule has 0 aromatic carbocycles. The number of nitrogens with zero attached hydrogens (tertiary/aromatic N) is 1. The third kappa shape index (κ3) is 2.71. The van der Waals surface area contributed by atoms with Crippen molar-refractivity contribution in [1.29, 1.82) is 0 Å². The standard InChI is InChI=1S/C14H22N4O/c1-8-6-11(12(13(16)19)9(2)17-8)18-14(3,7-15)10-4-5-10/h6,10H,4-5,7,15H2,1-3H3,(H2,16,19)(H,17,18). The van der Waals surface area contributed by atoms with Gasteiger partial charge in [0.15, 0.2) is 0 Å². The first-order valence-electron chi connectivity index (χ1n) is 6.63. The summed E-state index contributed by atoms with van der Waals surface area (Å²) in [5.41, 5.74) is 13.9. The number of pyridine rings is 1. The molecule has 0 bridgehead atoms. The Morgan fingerprint density at radius 1 is 1.53 bits per heavy atom. The van der Waals surface area contributed by atoms with Crippen LogP contribution >= 0.6 is 0 Å². The lowest BCUT2D eigenvalue weighted by Gasteiger charge is -2.32. The van der Waals surface area contributed by atoms with Crippen LogP contribution in [-0.2, 0) is 0 Å². The highest BCUT2D eigenvalue weighted by Gasteiger charge is 2.41. The Bertz CT molecular complexity index is 510. The predicted molar refractivity (Wildman–Crippen MR) is 76.0 cm³/mol. The number of nitrogens with one attached hydrogen (secondary N) is 1. The van der Waals surface area contributed by atoms with Crippen molar-refractivity contribution in [3.63, 3.8) is 0 Å². The second-order valence-electron chi connectivity index (χ2n) is 5.66. The number of hydrogen-bond acceptors (Lipinski definition) is 4. The van der Waals surface area contributed by atoms with Crippen LogP contribution in [0.25, 0.3) is 0 Å². The van der Waals surface area contributed by atoms with Crippen LogP contribution in [0.5, 0.6) is 0 Å². The van der Waals surface area contributed by atoms with Gasteiger partial charge in [-0.05, 0) is 45.6 Å². The van der Waals surface area contributed by atoms with Crippen LogP contribution in [0.15, 0.2) is 6.07 Å². The third-order valence-corrected chi connectivity index (χ3v) is 3.90. The number of primary amides is 1. The highest BCUT2D eigenvalue weighted by molar-refractivity contribution is 5.99. The van der Waals surface area contributed by atoms with Crippen LogP contribution in [-0.4, -0.2) is 23.0 Å². The van der Waals surface area contributed by atoms with Crippen LogP contribution in [0.2, 0.25) is 0 Å². The Hall–Kier alpha value is -1.62. The quantitative estimate of drug-likeness (QED) is 0.746. The molecule has 1 unspecified atom stereocenters. The number of anilines is 1. The highest BCUT2D eigenvalue weighted by Crippen LogP contribution is 2.41. The molecule has 5 nitrogen and oxygen atoms in total. The fourth-order valence-electron chi connectivity index (χ4n) is 2.59. The number of hydrogen-bond donors (Lipinski definition) is 3. The van der Waals surface area contributed by atoms with Crippen molar-refractivity contribution in [2.24, 2.45) is 17.4 Å². The summed E-state index contributed by atoms with van der Waals surface area (Å²) >= 11 is 0. The molecule has 1 aromatic rings. The highest BCUT2D eigenvalue weighted by atomic mass is 16.1. The summed E-state index contributed by atoms with van der Waals surface area (Å²) in [6.07, 6.45) is 2.35. The van der Waals surface area contributed by atoms with Gasteiger partial charge in [0.05, 0.1) is 16.9 Å². The number of carbonyl (C=O) groups excluding carboxylic acids is 1. The molecule has 1 saturated carbocycles. The average molecular weight is 262 g/mol. The summed E-state index contributed by atoms with van der Waals surface area (Å²) in [5.74, 6) is 0.106. The minimum Gasteiger partial charge on any atom is -0.378 e. The Morgan fingerprint density at radius 2 is 2.16 bits per heavy atom.